The fourth-order valence-corrected chi connectivity index (χ4v) is 4.63. The quantitative estimate of drug-likeness (QED) is 0.0430. The Labute approximate surface area is 237 Å². The SMILES string of the molecule is CCCCCC/C=C\CCCCCCCC(=O)OC(COC(=O)CCCCCCC)COP(=O)(O)OCCN. The molecule has 9 nitrogen and oxygen atoms in total. The molecule has 3 N–H and O–H groups in total. The normalized spacial score (nSPS) is 13.8. The highest BCUT2D eigenvalue weighted by Crippen LogP contribution is 2.43. The van der Waals surface area contributed by atoms with Gasteiger partial charge in [-0.05, 0) is 38.5 Å². The number of rotatable bonds is 28. The van der Waals surface area contributed by atoms with Crippen molar-refractivity contribution >= 4 is 19.8 Å². The van der Waals surface area contributed by atoms with E-state index in [1.165, 1.54) is 32.1 Å². The molecule has 0 aromatic carbocycles. The number of carbonyl (C=O) groups is 2. The molecule has 2 atom stereocenters. The van der Waals surface area contributed by atoms with Crippen LogP contribution >= 0.6 is 7.82 Å². The highest BCUT2D eigenvalue weighted by atomic mass is 31.2. The van der Waals surface area contributed by atoms with E-state index in [1.807, 2.05) is 0 Å². The van der Waals surface area contributed by atoms with Crippen molar-refractivity contribution < 1.29 is 37.6 Å². The van der Waals surface area contributed by atoms with Gasteiger partial charge in [-0.1, -0.05) is 90.2 Å². The van der Waals surface area contributed by atoms with E-state index in [4.69, 9.17) is 24.3 Å². The van der Waals surface area contributed by atoms with Crippen molar-refractivity contribution in [2.75, 3.05) is 26.4 Å². The van der Waals surface area contributed by atoms with Crippen molar-refractivity contribution in [3.63, 3.8) is 0 Å². The summed E-state index contributed by atoms with van der Waals surface area (Å²) in [5.74, 6) is -0.855. The van der Waals surface area contributed by atoms with Gasteiger partial charge in [-0.2, -0.15) is 0 Å². The van der Waals surface area contributed by atoms with Gasteiger partial charge in [-0.3, -0.25) is 18.6 Å². The van der Waals surface area contributed by atoms with Gasteiger partial charge in [0.2, 0.25) is 0 Å². The second kappa shape index (κ2) is 26.9. The van der Waals surface area contributed by atoms with Crippen molar-refractivity contribution in [2.45, 2.75) is 136 Å². The number of phosphoric ester groups is 1. The van der Waals surface area contributed by atoms with Gasteiger partial charge in [-0.15, -0.1) is 0 Å². The predicted octanol–water partition coefficient (Wildman–Crippen LogP) is 7.15. The molecule has 0 amide bonds. The molecule has 0 saturated carbocycles. The molecule has 2 unspecified atom stereocenters. The van der Waals surface area contributed by atoms with E-state index in [-0.39, 0.29) is 32.6 Å². The summed E-state index contributed by atoms with van der Waals surface area (Å²) in [6, 6.07) is 0. The molecule has 10 heteroatoms. The van der Waals surface area contributed by atoms with E-state index in [0.717, 1.165) is 64.2 Å². The number of hydrogen-bond acceptors (Lipinski definition) is 8. The Balaban J connectivity index is 4.29. The summed E-state index contributed by atoms with van der Waals surface area (Å²) in [6.07, 6.45) is 21.4. The molecular weight excluding hydrogens is 521 g/mol. The third-order valence-corrected chi connectivity index (χ3v) is 7.14. The highest BCUT2D eigenvalue weighted by Gasteiger charge is 2.25. The summed E-state index contributed by atoms with van der Waals surface area (Å²) in [4.78, 5) is 34.2. The molecule has 0 aliphatic rings. The van der Waals surface area contributed by atoms with E-state index < -0.39 is 32.5 Å². The molecule has 0 radical (unpaired) electrons. The highest BCUT2D eigenvalue weighted by molar-refractivity contribution is 7.47. The average molecular weight is 578 g/mol. The van der Waals surface area contributed by atoms with Crippen LogP contribution < -0.4 is 5.73 Å². The minimum atomic E-state index is -4.35. The molecule has 0 aromatic rings. The van der Waals surface area contributed by atoms with Crippen molar-refractivity contribution in [3.8, 4) is 0 Å². The predicted molar refractivity (Wildman–Crippen MR) is 155 cm³/mol. The van der Waals surface area contributed by atoms with Crippen LogP contribution in [0, 0.1) is 0 Å². The largest absolute Gasteiger partial charge is 0.472 e. The lowest BCUT2D eigenvalue weighted by atomic mass is 10.1. The van der Waals surface area contributed by atoms with Crippen LogP contribution in [0.5, 0.6) is 0 Å². The van der Waals surface area contributed by atoms with Crippen LogP contribution in [0.4, 0.5) is 0 Å². The fraction of sp³-hybridized carbons (Fsp3) is 0.862. The maximum Gasteiger partial charge on any atom is 0.472 e. The van der Waals surface area contributed by atoms with E-state index in [2.05, 4.69) is 26.0 Å². The van der Waals surface area contributed by atoms with Gasteiger partial charge in [0.15, 0.2) is 6.10 Å². The van der Waals surface area contributed by atoms with Gasteiger partial charge < -0.3 is 20.1 Å². The number of nitrogens with two attached hydrogens (primary N) is 1. The standard InChI is InChI=1S/C29H56NO8P/c1-3-5-7-9-10-11-12-13-14-15-16-18-20-22-29(32)38-27(26-37-39(33,34)36-24-23-30)25-35-28(31)21-19-17-8-6-4-2/h11-12,27H,3-10,13-26,30H2,1-2H3,(H,33,34)/b12-11-. The zero-order valence-electron chi connectivity index (χ0n) is 24.6. The second-order valence-corrected chi connectivity index (χ2v) is 11.4. The summed E-state index contributed by atoms with van der Waals surface area (Å²) in [6.45, 7) is 3.57. The van der Waals surface area contributed by atoms with Crippen LogP contribution in [-0.2, 0) is 32.7 Å². The molecule has 0 fully saturated rings. The Bertz CT molecular complexity index is 674. The van der Waals surface area contributed by atoms with E-state index in [1.54, 1.807) is 0 Å². The molecule has 230 valence electrons. The van der Waals surface area contributed by atoms with Gasteiger partial charge in [0.05, 0.1) is 13.2 Å². The third kappa shape index (κ3) is 26.7. The first-order valence-corrected chi connectivity index (χ1v) is 16.7. The Kier molecular flexibility index (Phi) is 26.1. The van der Waals surface area contributed by atoms with Crippen LogP contribution in [0.1, 0.15) is 129 Å². The molecule has 0 rings (SSSR count). The number of phosphoric acid groups is 1. The van der Waals surface area contributed by atoms with Crippen molar-refractivity contribution in [1.29, 1.82) is 0 Å². The van der Waals surface area contributed by atoms with Gasteiger partial charge in [0.1, 0.15) is 6.61 Å². The van der Waals surface area contributed by atoms with Gasteiger partial charge in [0, 0.05) is 19.4 Å². The number of unbranched alkanes of at least 4 members (excludes halogenated alkanes) is 13. The van der Waals surface area contributed by atoms with Crippen molar-refractivity contribution in [1.82, 2.24) is 0 Å². The first-order chi connectivity index (χ1) is 18.8. The van der Waals surface area contributed by atoms with E-state index >= 15 is 0 Å². The van der Waals surface area contributed by atoms with Gasteiger partial charge >= 0.3 is 19.8 Å². The van der Waals surface area contributed by atoms with Crippen LogP contribution in [-0.4, -0.2) is 49.3 Å². The second-order valence-electron chi connectivity index (χ2n) is 9.97. The Morgan fingerprint density at radius 1 is 0.744 bits per heavy atom. The zero-order valence-corrected chi connectivity index (χ0v) is 25.5. The van der Waals surface area contributed by atoms with E-state index in [9.17, 15) is 19.0 Å². The summed E-state index contributed by atoms with van der Waals surface area (Å²) in [7, 11) is -4.35. The summed E-state index contributed by atoms with van der Waals surface area (Å²) >= 11 is 0. The molecule has 39 heavy (non-hydrogen) atoms. The van der Waals surface area contributed by atoms with E-state index in [0.29, 0.717) is 6.42 Å². The Morgan fingerprint density at radius 3 is 1.85 bits per heavy atom. The maximum atomic E-state index is 12.4. The first-order valence-electron chi connectivity index (χ1n) is 15.2. The third-order valence-electron chi connectivity index (χ3n) is 6.15. The van der Waals surface area contributed by atoms with Crippen molar-refractivity contribution in [3.05, 3.63) is 12.2 Å². The molecule has 0 aromatic heterocycles. The molecule has 0 spiro atoms. The van der Waals surface area contributed by atoms with Crippen LogP contribution in [0.15, 0.2) is 12.2 Å². The van der Waals surface area contributed by atoms with Crippen LogP contribution in [0.2, 0.25) is 0 Å². The minimum absolute atomic E-state index is 0.0536. The van der Waals surface area contributed by atoms with Crippen molar-refractivity contribution in [2.24, 2.45) is 5.73 Å². The molecule has 0 saturated heterocycles. The lowest BCUT2D eigenvalue weighted by Crippen LogP contribution is -2.29. The monoisotopic (exact) mass is 577 g/mol. The van der Waals surface area contributed by atoms with Crippen LogP contribution in [0.3, 0.4) is 0 Å². The fourth-order valence-electron chi connectivity index (χ4n) is 3.86. The minimum Gasteiger partial charge on any atom is -0.462 e. The first kappa shape index (κ1) is 37.8. The number of allylic oxidation sites excluding steroid dienone is 2. The topological polar surface area (TPSA) is 134 Å². The smallest absolute Gasteiger partial charge is 0.462 e. The molecule has 0 aliphatic carbocycles. The van der Waals surface area contributed by atoms with Gasteiger partial charge in [-0.25, -0.2) is 4.57 Å². The molecule has 0 bridgehead atoms. The molecule has 0 heterocycles. The molecular formula is C29H56NO8P. The lowest BCUT2D eigenvalue weighted by molar-refractivity contribution is -0.161. The Hall–Kier alpha value is -1.25. The van der Waals surface area contributed by atoms with Crippen LogP contribution in [0.25, 0.3) is 0 Å². The maximum absolute atomic E-state index is 12.4. The summed E-state index contributed by atoms with van der Waals surface area (Å²) in [5.41, 5.74) is 5.29. The lowest BCUT2D eigenvalue weighted by Gasteiger charge is -2.19. The summed E-state index contributed by atoms with van der Waals surface area (Å²) < 4.78 is 32.2. The number of carbonyl (C=O) groups excluding carboxylic acids is 2. The average Bonchev–Trinajstić information content (AvgIpc) is 2.91. The number of hydrogen-bond donors (Lipinski definition) is 2. The summed E-state index contributed by atoms with van der Waals surface area (Å²) in [5, 5.41) is 0. The Morgan fingerprint density at radius 2 is 1.26 bits per heavy atom. The number of esters is 2. The molecule has 0 aliphatic heterocycles. The zero-order chi connectivity index (χ0) is 29.0. The van der Waals surface area contributed by atoms with Gasteiger partial charge in [0.25, 0.3) is 0 Å². The number of ether oxygens (including phenoxy) is 2.